The minimum Gasteiger partial charge on any atom is -0.862 e. The molecule has 2 N–H and O–H groups in total. The summed E-state index contributed by atoms with van der Waals surface area (Å²) in [5, 5.41) is 35.6. The Labute approximate surface area is 290 Å². The highest BCUT2D eigenvalue weighted by Crippen LogP contribution is 2.37. The molecule has 6 heteroatoms. The van der Waals surface area contributed by atoms with E-state index in [0.717, 1.165) is 0 Å². The maximum absolute atomic E-state index is 10.8. The van der Waals surface area contributed by atoms with Crippen LogP contribution in [0.25, 0.3) is 0 Å². The van der Waals surface area contributed by atoms with E-state index in [1.54, 1.807) is 0 Å². The van der Waals surface area contributed by atoms with E-state index in [0.29, 0.717) is 0 Å². The van der Waals surface area contributed by atoms with Crippen LogP contribution in [0.15, 0.2) is 0 Å². The van der Waals surface area contributed by atoms with Crippen LogP contribution in [0.3, 0.4) is 0 Å². The Morgan fingerprint density at radius 1 is 0.370 bits per heavy atom. The van der Waals surface area contributed by atoms with Gasteiger partial charge in [0.25, 0.3) is 0 Å². The van der Waals surface area contributed by atoms with Gasteiger partial charge in [-0.1, -0.05) is 134 Å². The number of hydrogen-bond donors (Lipinski definition) is 2. The van der Waals surface area contributed by atoms with Crippen LogP contribution < -0.4 is 10.2 Å². The minimum atomic E-state index is -1.09. The van der Waals surface area contributed by atoms with E-state index in [4.69, 9.17) is 10.8 Å². The predicted octanol–water partition coefficient (Wildman–Crippen LogP) is 9.72. The number of quaternary nitrogens is 2. The van der Waals surface area contributed by atoms with E-state index in [9.17, 15) is 10.2 Å². The molecule has 6 nitrogen and oxygen atoms in total. The van der Waals surface area contributed by atoms with Gasteiger partial charge in [-0.2, -0.15) is 0 Å². The Kier molecular flexibility index (Phi) is 30.9. The number of nitrogens with one attached hydrogen (secondary N) is 2. The number of nitrogens with zero attached hydrogens (tertiary/aromatic N) is 2. The molecular formula is C40H86N4O2. The van der Waals surface area contributed by atoms with Gasteiger partial charge in [-0.15, -0.1) is 0 Å². The molecule has 0 rings (SSSR count). The quantitative estimate of drug-likeness (QED) is 0.0524. The summed E-state index contributed by atoms with van der Waals surface area (Å²) in [4.78, 5) is 0. The van der Waals surface area contributed by atoms with Crippen LogP contribution in [0.1, 0.15) is 186 Å². The SMILES string of the molecule is CC(C)(C(=N)[O-])C(C)(C)C(=N)[O-].CCCC[N+](CCCC)(CCCC)CCCC.CCCC[N+](CCCC)(CCCC)CCCC. The fourth-order valence-corrected chi connectivity index (χ4v) is 5.86. The minimum absolute atomic E-state index is 0.812. The Morgan fingerprint density at radius 2 is 0.500 bits per heavy atom. The lowest BCUT2D eigenvalue weighted by molar-refractivity contribution is -0.929. The molecule has 0 heterocycles. The van der Waals surface area contributed by atoms with Gasteiger partial charge in [-0.05, 0) is 63.2 Å². The Balaban J connectivity index is -0.000000614. The fraction of sp³-hybridized carbons (Fsp3) is 0.950. The summed E-state index contributed by atoms with van der Waals surface area (Å²) in [7, 11) is 0. The van der Waals surface area contributed by atoms with Crippen molar-refractivity contribution >= 4 is 11.8 Å². The van der Waals surface area contributed by atoms with Crippen LogP contribution in [0.2, 0.25) is 0 Å². The standard InChI is InChI=1S/2C16H36N.C8H16N2O2/c2*1-5-9-13-17(14-10-6-2,15-11-7-3)16-12-8-4;1-7(2,5(9)11)8(3,4)6(10)12/h2*5-16H2,1-4H3;1-4H3,(H2,9,11)(H2,10,12)/q2*+1;/p-2. The molecule has 0 aliphatic heterocycles. The third-order valence-electron chi connectivity index (χ3n) is 10.6. The van der Waals surface area contributed by atoms with Gasteiger partial charge in [0, 0.05) is 10.8 Å². The molecule has 0 bridgehead atoms. The molecule has 46 heavy (non-hydrogen) atoms. The first kappa shape index (κ1) is 49.2. The van der Waals surface area contributed by atoms with Crippen LogP contribution in [0.4, 0.5) is 0 Å². The highest BCUT2D eigenvalue weighted by atomic mass is 16.3. The topological polar surface area (TPSA) is 93.8 Å². The first-order chi connectivity index (χ1) is 21.6. The summed E-state index contributed by atoms with van der Waals surface area (Å²) in [6, 6.07) is 0. The highest BCUT2D eigenvalue weighted by molar-refractivity contribution is 5.85. The van der Waals surface area contributed by atoms with Gasteiger partial charge in [0.15, 0.2) is 0 Å². The van der Waals surface area contributed by atoms with E-state index in [1.165, 1.54) is 192 Å². The molecule has 0 spiro atoms. The van der Waals surface area contributed by atoms with Crippen molar-refractivity contribution in [3.05, 3.63) is 0 Å². The third kappa shape index (κ3) is 21.0. The Bertz CT molecular complexity index is 585. The van der Waals surface area contributed by atoms with Crippen molar-refractivity contribution < 1.29 is 19.2 Å². The molecule has 0 saturated heterocycles. The zero-order valence-corrected chi connectivity index (χ0v) is 33.7. The average Bonchev–Trinajstić information content (AvgIpc) is 3.03. The molecule has 0 fully saturated rings. The van der Waals surface area contributed by atoms with Crippen molar-refractivity contribution in [1.82, 2.24) is 0 Å². The number of hydrogen-bond acceptors (Lipinski definition) is 4. The molecular weight excluding hydrogens is 568 g/mol. The van der Waals surface area contributed by atoms with Crippen molar-refractivity contribution in [3.8, 4) is 0 Å². The van der Waals surface area contributed by atoms with Gasteiger partial charge in [0.2, 0.25) is 0 Å². The van der Waals surface area contributed by atoms with Gasteiger partial charge >= 0.3 is 0 Å². The second-order valence-corrected chi connectivity index (χ2v) is 15.2. The first-order valence-electron chi connectivity index (χ1n) is 19.8. The van der Waals surface area contributed by atoms with E-state index in [2.05, 4.69) is 55.4 Å². The lowest BCUT2D eigenvalue weighted by atomic mass is 9.67. The second kappa shape index (κ2) is 28.8. The van der Waals surface area contributed by atoms with Crippen molar-refractivity contribution in [2.75, 3.05) is 52.4 Å². The Hall–Kier alpha value is -1.14. The lowest BCUT2D eigenvalue weighted by Crippen LogP contribution is -2.52. The number of unbranched alkanes of at least 4 members (excludes halogenated alkanes) is 8. The first-order valence-corrected chi connectivity index (χ1v) is 19.8. The molecule has 278 valence electrons. The van der Waals surface area contributed by atoms with Crippen molar-refractivity contribution in [2.45, 2.75) is 186 Å². The fourth-order valence-electron chi connectivity index (χ4n) is 5.86. The van der Waals surface area contributed by atoms with Gasteiger partial charge in [0.05, 0.1) is 52.4 Å². The summed E-state index contributed by atoms with van der Waals surface area (Å²) < 4.78 is 2.84. The van der Waals surface area contributed by atoms with Crippen LogP contribution in [-0.2, 0) is 0 Å². The summed E-state index contributed by atoms with van der Waals surface area (Å²) in [5.41, 5.74) is -2.18. The maximum Gasteiger partial charge on any atom is 0.0786 e. The largest absolute Gasteiger partial charge is 0.862 e. The van der Waals surface area contributed by atoms with Gasteiger partial charge in [-0.3, -0.25) is 0 Å². The second-order valence-electron chi connectivity index (χ2n) is 15.2. The molecule has 0 unspecified atom stereocenters. The van der Waals surface area contributed by atoms with E-state index in [-0.39, 0.29) is 0 Å². The molecule has 0 aromatic carbocycles. The Morgan fingerprint density at radius 3 is 0.587 bits per heavy atom. The van der Waals surface area contributed by atoms with Crippen LogP contribution >= 0.6 is 0 Å². The van der Waals surface area contributed by atoms with Crippen molar-refractivity contribution in [3.63, 3.8) is 0 Å². The van der Waals surface area contributed by atoms with Gasteiger partial charge in [0.1, 0.15) is 0 Å². The molecule has 0 amide bonds. The van der Waals surface area contributed by atoms with E-state index < -0.39 is 22.6 Å². The van der Waals surface area contributed by atoms with E-state index >= 15 is 0 Å². The molecule has 0 aromatic rings. The summed E-state index contributed by atoms with van der Waals surface area (Å²) >= 11 is 0. The lowest BCUT2D eigenvalue weighted by Gasteiger charge is -2.46. The van der Waals surface area contributed by atoms with Crippen LogP contribution in [0, 0.1) is 21.6 Å². The van der Waals surface area contributed by atoms with Crippen LogP contribution in [-0.4, -0.2) is 73.1 Å². The monoisotopic (exact) mass is 655 g/mol. The van der Waals surface area contributed by atoms with Crippen molar-refractivity contribution in [1.29, 1.82) is 10.8 Å². The molecule has 0 aliphatic carbocycles. The maximum atomic E-state index is 10.8. The summed E-state index contributed by atoms with van der Waals surface area (Å²) in [5.74, 6) is -1.62. The predicted molar refractivity (Wildman–Crippen MR) is 202 cm³/mol. The molecule has 0 atom stereocenters. The zero-order chi connectivity index (χ0) is 36.1. The average molecular weight is 655 g/mol. The smallest absolute Gasteiger partial charge is 0.0786 e. The van der Waals surface area contributed by atoms with Gasteiger partial charge < -0.3 is 30.0 Å². The van der Waals surface area contributed by atoms with Crippen LogP contribution in [0.5, 0.6) is 0 Å². The highest BCUT2D eigenvalue weighted by Gasteiger charge is 2.36. The molecule has 0 aliphatic rings. The normalized spacial score (nSPS) is 12.2. The number of rotatable bonds is 27. The van der Waals surface area contributed by atoms with Crippen molar-refractivity contribution in [2.24, 2.45) is 10.8 Å². The zero-order valence-electron chi connectivity index (χ0n) is 33.7. The molecule has 0 aromatic heterocycles. The van der Waals surface area contributed by atoms with E-state index in [1.807, 2.05) is 0 Å². The molecule has 0 radical (unpaired) electrons. The summed E-state index contributed by atoms with van der Waals surface area (Å²) in [6.07, 6.45) is 22.1. The summed E-state index contributed by atoms with van der Waals surface area (Å²) in [6.45, 7) is 36.1. The third-order valence-corrected chi connectivity index (χ3v) is 10.6. The van der Waals surface area contributed by atoms with Gasteiger partial charge in [-0.25, -0.2) is 0 Å². The molecule has 0 saturated carbocycles.